The average molecular weight is 179 g/mol. The van der Waals surface area contributed by atoms with E-state index in [1.807, 2.05) is 19.1 Å². The predicted octanol–water partition coefficient (Wildman–Crippen LogP) is 1.55. The number of rotatable bonds is 3. The molecule has 1 rings (SSSR count). The number of nitrogens with two attached hydrogens (primary N) is 1. The molecule has 3 N–H and O–H groups in total. The van der Waals surface area contributed by atoms with Gasteiger partial charge in [-0.15, -0.1) is 0 Å². The van der Waals surface area contributed by atoms with Gasteiger partial charge in [0.25, 0.3) is 0 Å². The maximum atomic E-state index is 9.61. The topological polar surface area (TPSA) is 46.2 Å². The van der Waals surface area contributed by atoms with Gasteiger partial charge in [-0.2, -0.15) is 0 Å². The fraction of sp³-hybridized carbons (Fsp3) is 0.455. The lowest BCUT2D eigenvalue weighted by atomic mass is 9.99. The highest BCUT2D eigenvalue weighted by atomic mass is 16.3. The lowest BCUT2D eigenvalue weighted by Gasteiger charge is -2.12. The van der Waals surface area contributed by atoms with E-state index >= 15 is 0 Å². The van der Waals surface area contributed by atoms with Crippen molar-refractivity contribution in [1.82, 2.24) is 0 Å². The van der Waals surface area contributed by atoms with E-state index in [2.05, 4.69) is 13.0 Å². The van der Waals surface area contributed by atoms with Crippen LogP contribution in [0, 0.1) is 6.92 Å². The Kier molecular flexibility index (Phi) is 3.46. The maximum absolute atomic E-state index is 9.61. The van der Waals surface area contributed by atoms with Crippen LogP contribution in [-0.4, -0.2) is 11.7 Å². The molecule has 0 aliphatic heterocycles. The molecule has 0 saturated heterocycles. The Morgan fingerprint density at radius 2 is 2.15 bits per heavy atom. The van der Waals surface area contributed by atoms with Crippen LogP contribution in [0.15, 0.2) is 18.2 Å². The van der Waals surface area contributed by atoms with Gasteiger partial charge in [0.1, 0.15) is 0 Å². The van der Waals surface area contributed by atoms with Crippen molar-refractivity contribution in [2.24, 2.45) is 5.73 Å². The molecule has 0 aliphatic rings. The number of aliphatic hydroxyl groups is 1. The summed E-state index contributed by atoms with van der Waals surface area (Å²) in [5.74, 6) is 0. The number of aliphatic hydroxyl groups excluding tert-OH is 1. The first kappa shape index (κ1) is 10.2. The monoisotopic (exact) mass is 179 g/mol. The van der Waals surface area contributed by atoms with E-state index in [0.29, 0.717) is 0 Å². The van der Waals surface area contributed by atoms with E-state index in [1.54, 1.807) is 0 Å². The molecule has 1 aromatic rings. The smallest absolute Gasteiger partial charge is 0.0914 e. The van der Waals surface area contributed by atoms with E-state index in [0.717, 1.165) is 17.5 Å². The summed E-state index contributed by atoms with van der Waals surface area (Å²) in [4.78, 5) is 0. The Bertz CT molecular complexity index is 283. The second kappa shape index (κ2) is 4.40. The van der Waals surface area contributed by atoms with Gasteiger partial charge in [-0.1, -0.05) is 25.1 Å². The van der Waals surface area contributed by atoms with Gasteiger partial charge in [0, 0.05) is 6.54 Å². The SMILES string of the molecule is CCc1ccc(C)c(C(O)CN)c1. The van der Waals surface area contributed by atoms with Gasteiger partial charge in [0.15, 0.2) is 0 Å². The Hall–Kier alpha value is -0.860. The lowest BCUT2D eigenvalue weighted by Crippen LogP contribution is -2.12. The number of benzene rings is 1. The van der Waals surface area contributed by atoms with Gasteiger partial charge in [-0.25, -0.2) is 0 Å². The minimum absolute atomic E-state index is 0.286. The summed E-state index contributed by atoms with van der Waals surface area (Å²) >= 11 is 0. The third-order valence-corrected chi connectivity index (χ3v) is 2.33. The zero-order chi connectivity index (χ0) is 9.84. The minimum atomic E-state index is -0.522. The summed E-state index contributed by atoms with van der Waals surface area (Å²) < 4.78 is 0. The van der Waals surface area contributed by atoms with Crippen molar-refractivity contribution in [3.63, 3.8) is 0 Å². The predicted molar refractivity (Wildman–Crippen MR) is 54.6 cm³/mol. The van der Waals surface area contributed by atoms with Crippen LogP contribution in [0.1, 0.15) is 29.7 Å². The highest BCUT2D eigenvalue weighted by molar-refractivity contribution is 5.32. The molecule has 2 nitrogen and oxygen atoms in total. The molecule has 1 unspecified atom stereocenters. The van der Waals surface area contributed by atoms with Gasteiger partial charge < -0.3 is 10.8 Å². The van der Waals surface area contributed by atoms with Crippen LogP contribution in [0.3, 0.4) is 0 Å². The molecular formula is C11H17NO. The van der Waals surface area contributed by atoms with E-state index in [1.165, 1.54) is 5.56 Å². The second-order valence-corrected chi connectivity index (χ2v) is 3.30. The average Bonchev–Trinajstić information content (AvgIpc) is 2.17. The first-order valence-electron chi connectivity index (χ1n) is 4.66. The fourth-order valence-corrected chi connectivity index (χ4v) is 1.40. The minimum Gasteiger partial charge on any atom is -0.387 e. The zero-order valence-electron chi connectivity index (χ0n) is 8.25. The summed E-state index contributed by atoms with van der Waals surface area (Å²) in [6.45, 7) is 4.38. The van der Waals surface area contributed by atoms with Crippen molar-refractivity contribution in [2.75, 3.05) is 6.54 Å². The van der Waals surface area contributed by atoms with Gasteiger partial charge in [-0.3, -0.25) is 0 Å². The van der Waals surface area contributed by atoms with Crippen LogP contribution in [0.5, 0.6) is 0 Å². The fourth-order valence-electron chi connectivity index (χ4n) is 1.40. The third-order valence-electron chi connectivity index (χ3n) is 2.33. The molecule has 2 heteroatoms. The van der Waals surface area contributed by atoms with E-state index in [-0.39, 0.29) is 6.54 Å². The molecule has 13 heavy (non-hydrogen) atoms. The van der Waals surface area contributed by atoms with Gasteiger partial charge in [0.2, 0.25) is 0 Å². The molecule has 1 aromatic carbocycles. The summed E-state index contributed by atoms with van der Waals surface area (Å²) in [5, 5.41) is 9.61. The summed E-state index contributed by atoms with van der Waals surface area (Å²) in [5.41, 5.74) is 8.72. The normalized spacial score (nSPS) is 12.9. The summed E-state index contributed by atoms with van der Waals surface area (Å²) in [6, 6.07) is 6.15. The number of hydrogen-bond donors (Lipinski definition) is 2. The second-order valence-electron chi connectivity index (χ2n) is 3.30. The highest BCUT2D eigenvalue weighted by Crippen LogP contribution is 2.18. The molecule has 0 aliphatic carbocycles. The largest absolute Gasteiger partial charge is 0.387 e. The Balaban J connectivity index is 3.03. The van der Waals surface area contributed by atoms with Gasteiger partial charge in [0.05, 0.1) is 6.10 Å². The molecule has 0 aromatic heterocycles. The molecular weight excluding hydrogens is 162 g/mol. The quantitative estimate of drug-likeness (QED) is 0.739. The lowest BCUT2D eigenvalue weighted by molar-refractivity contribution is 0.186. The molecule has 0 fully saturated rings. The summed E-state index contributed by atoms with van der Waals surface area (Å²) in [6.07, 6.45) is 0.469. The van der Waals surface area contributed by atoms with Crippen LogP contribution < -0.4 is 5.73 Å². The van der Waals surface area contributed by atoms with E-state index < -0.39 is 6.10 Å². The first-order chi connectivity index (χ1) is 6.19. The van der Waals surface area contributed by atoms with Crippen LogP contribution in [0.4, 0.5) is 0 Å². The first-order valence-corrected chi connectivity index (χ1v) is 4.66. The standard InChI is InChI=1S/C11H17NO/c1-3-9-5-4-8(2)10(6-9)11(13)7-12/h4-6,11,13H,3,7,12H2,1-2H3. The maximum Gasteiger partial charge on any atom is 0.0914 e. The van der Waals surface area contributed by atoms with Crippen LogP contribution in [-0.2, 0) is 6.42 Å². The summed E-state index contributed by atoms with van der Waals surface area (Å²) in [7, 11) is 0. The van der Waals surface area contributed by atoms with E-state index in [9.17, 15) is 5.11 Å². The molecule has 0 bridgehead atoms. The molecule has 72 valence electrons. The molecule has 0 radical (unpaired) electrons. The number of hydrogen-bond acceptors (Lipinski definition) is 2. The molecule has 0 heterocycles. The van der Waals surface area contributed by atoms with E-state index in [4.69, 9.17) is 5.73 Å². The molecule has 0 amide bonds. The molecule has 1 atom stereocenters. The molecule has 0 saturated carbocycles. The molecule has 0 spiro atoms. The van der Waals surface area contributed by atoms with Crippen molar-refractivity contribution >= 4 is 0 Å². The zero-order valence-corrected chi connectivity index (χ0v) is 8.25. The van der Waals surface area contributed by atoms with Crippen molar-refractivity contribution in [1.29, 1.82) is 0 Å². The van der Waals surface area contributed by atoms with Crippen LogP contribution in [0.2, 0.25) is 0 Å². The van der Waals surface area contributed by atoms with Crippen molar-refractivity contribution in [3.8, 4) is 0 Å². The number of aryl methyl sites for hydroxylation is 2. The Morgan fingerprint density at radius 3 is 2.69 bits per heavy atom. The third kappa shape index (κ3) is 2.29. The highest BCUT2D eigenvalue weighted by Gasteiger charge is 2.08. The van der Waals surface area contributed by atoms with Gasteiger partial charge >= 0.3 is 0 Å². The Morgan fingerprint density at radius 1 is 1.46 bits per heavy atom. The Labute approximate surface area is 79.4 Å². The van der Waals surface area contributed by atoms with Crippen molar-refractivity contribution in [3.05, 3.63) is 34.9 Å². The van der Waals surface area contributed by atoms with Crippen LogP contribution in [0.25, 0.3) is 0 Å². The van der Waals surface area contributed by atoms with Crippen LogP contribution >= 0.6 is 0 Å². The van der Waals surface area contributed by atoms with Gasteiger partial charge in [-0.05, 0) is 30.0 Å². The van der Waals surface area contributed by atoms with Crippen molar-refractivity contribution in [2.45, 2.75) is 26.4 Å². The van der Waals surface area contributed by atoms with Crippen molar-refractivity contribution < 1.29 is 5.11 Å².